The summed E-state index contributed by atoms with van der Waals surface area (Å²) < 4.78 is 0. The van der Waals surface area contributed by atoms with Crippen LogP contribution in [-0.2, 0) is 4.79 Å². The number of hydrogen-bond donors (Lipinski definition) is 3. The maximum absolute atomic E-state index is 11.7. The number of carboxylic acid groups (broad SMARTS) is 1. The van der Waals surface area contributed by atoms with E-state index in [9.17, 15) is 14.7 Å². The maximum Gasteiger partial charge on any atom is 0.335 e. The quantitative estimate of drug-likeness (QED) is 0.714. The van der Waals surface area contributed by atoms with Gasteiger partial charge in [0, 0.05) is 6.42 Å². The van der Waals surface area contributed by atoms with Gasteiger partial charge in [0.1, 0.15) is 5.75 Å². The Kier molecular flexibility index (Phi) is 3.50. The molecule has 0 bridgehead atoms. The van der Waals surface area contributed by atoms with Gasteiger partial charge in [0.15, 0.2) is 0 Å². The lowest BCUT2D eigenvalue weighted by Crippen LogP contribution is -2.21. The average Bonchev–Trinajstić information content (AvgIpc) is 2.26. The van der Waals surface area contributed by atoms with Crippen molar-refractivity contribution in [3.8, 4) is 5.75 Å². The number of amides is 1. The molecule has 2 rings (SSSR count). The number of benzene rings is 1. The van der Waals surface area contributed by atoms with Crippen molar-refractivity contribution < 1.29 is 19.8 Å². The van der Waals surface area contributed by atoms with Gasteiger partial charge >= 0.3 is 5.97 Å². The van der Waals surface area contributed by atoms with Crippen molar-refractivity contribution in [2.45, 2.75) is 25.7 Å². The Balaban J connectivity index is 2.04. The van der Waals surface area contributed by atoms with E-state index in [0.717, 1.165) is 19.3 Å². The smallest absolute Gasteiger partial charge is 0.335 e. The SMILES string of the molecule is O=C(CC1CCC1)Nc1cc(C(=O)O)ccc1O. The predicted molar refractivity (Wildman–Crippen MR) is 65.7 cm³/mol. The van der Waals surface area contributed by atoms with Crippen LogP contribution in [0.2, 0.25) is 0 Å². The van der Waals surface area contributed by atoms with E-state index in [1.54, 1.807) is 0 Å². The van der Waals surface area contributed by atoms with Crippen LogP contribution in [0.15, 0.2) is 18.2 Å². The normalized spacial score (nSPS) is 14.9. The van der Waals surface area contributed by atoms with Crippen molar-refractivity contribution in [2.75, 3.05) is 5.32 Å². The Morgan fingerprint density at radius 2 is 2.06 bits per heavy atom. The molecule has 1 saturated carbocycles. The van der Waals surface area contributed by atoms with Crippen molar-refractivity contribution in [3.63, 3.8) is 0 Å². The first-order chi connectivity index (χ1) is 8.56. The molecule has 1 aliphatic rings. The van der Waals surface area contributed by atoms with Gasteiger partial charge in [-0.3, -0.25) is 4.79 Å². The highest BCUT2D eigenvalue weighted by Crippen LogP contribution is 2.30. The number of phenolic OH excluding ortho intramolecular Hbond substituents is 1. The number of carbonyl (C=O) groups is 2. The molecule has 1 fully saturated rings. The minimum atomic E-state index is -1.09. The number of aromatic carboxylic acids is 1. The first kappa shape index (κ1) is 12.4. The molecular weight excluding hydrogens is 234 g/mol. The molecular formula is C13H15NO4. The van der Waals surface area contributed by atoms with Gasteiger partial charge in [0.2, 0.25) is 5.91 Å². The summed E-state index contributed by atoms with van der Waals surface area (Å²) in [7, 11) is 0. The average molecular weight is 249 g/mol. The second-order valence-corrected chi connectivity index (χ2v) is 4.59. The molecule has 1 amide bonds. The molecule has 0 atom stereocenters. The van der Waals surface area contributed by atoms with E-state index < -0.39 is 5.97 Å². The summed E-state index contributed by atoms with van der Waals surface area (Å²) in [6, 6.07) is 3.82. The number of carbonyl (C=O) groups excluding carboxylic acids is 1. The Hall–Kier alpha value is -2.04. The van der Waals surface area contributed by atoms with Crippen LogP contribution in [0.4, 0.5) is 5.69 Å². The monoisotopic (exact) mass is 249 g/mol. The standard InChI is InChI=1S/C13H15NO4/c15-11-5-4-9(13(17)18)7-10(11)14-12(16)6-8-2-1-3-8/h4-5,7-8,15H,1-3,6H2,(H,14,16)(H,17,18). The minimum absolute atomic E-state index is 0.0340. The van der Waals surface area contributed by atoms with Gasteiger partial charge in [0.25, 0.3) is 0 Å². The summed E-state index contributed by atoms with van der Waals surface area (Å²) in [4.78, 5) is 22.5. The number of nitrogens with one attached hydrogen (secondary N) is 1. The molecule has 5 nitrogen and oxygen atoms in total. The van der Waals surface area contributed by atoms with E-state index in [-0.39, 0.29) is 22.9 Å². The molecule has 0 saturated heterocycles. The fraction of sp³-hybridized carbons (Fsp3) is 0.385. The molecule has 5 heteroatoms. The number of rotatable bonds is 4. The van der Waals surface area contributed by atoms with Crippen molar-refractivity contribution in [1.82, 2.24) is 0 Å². The van der Waals surface area contributed by atoms with Crippen LogP contribution in [0.5, 0.6) is 5.75 Å². The molecule has 1 aromatic rings. The Morgan fingerprint density at radius 3 is 2.61 bits per heavy atom. The molecule has 0 unspecified atom stereocenters. The van der Waals surface area contributed by atoms with E-state index in [4.69, 9.17) is 5.11 Å². The van der Waals surface area contributed by atoms with Crippen molar-refractivity contribution in [2.24, 2.45) is 5.92 Å². The highest BCUT2D eigenvalue weighted by molar-refractivity contribution is 5.95. The second-order valence-electron chi connectivity index (χ2n) is 4.59. The molecule has 0 radical (unpaired) electrons. The Morgan fingerprint density at radius 1 is 1.33 bits per heavy atom. The molecule has 0 aliphatic heterocycles. The van der Waals surface area contributed by atoms with Crippen LogP contribution < -0.4 is 5.32 Å². The van der Waals surface area contributed by atoms with Crippen LogP contribution in [0.25, 0.3) is 0 Å². The zero-order valence-electron chi connectivity index (χ0n) is 9.85. The maximum atomic E-state index is 11.7. The molecule has 0 spiro atoms. The third-order valence-electron chi connectivity index (χ3n) is 3.22. The van der Waals surface area contributed by atoms with E-state index in [1.165, 1.54) is 18.2 Å². The van der Waals surface area contributed by atoms with Crippen LogP contribution in [-0.4, -0.2) is 22.1 Å². The molecule has 18 heavy (non-hydrogen) atoms. The first-order valence-electron chi connectivity index (χ1n) is 5.92. The molecule has 0 aromatic heterocycles. The molecule has 3 N–H and O–H groups in total. The van der Waals surface area contributed by atoms with E-state index >= 15 is 0 Å². The second kappa shape index (κ2) is 5.08. The summed E-state index contributed by atoms with van der Waals surface area (Å²) in [6.07, 6.45) is 3.72. The third kappa shape index (κ3) is 2.80. The predicted octanol–water partition coefficient (Wildman–Crippen LogP) is 2.22. The van der Waals surface area contributed by atoms with Crippen molar-refractivity contribution in [3.05, 3.63) is 23.8 Å². The highest BCUT2D eigenvalue weighted by Gasteiger charge is 2.21. The first-order valence-corrected chi connectivity index (χ1v) is 5.92. The zero-order valence-corrected chi connectivity index (χ0v) is 9.85. The third-order valence-corrected chi connectivity index (χ3v) is 3.22. The molecule has 1 aromatic carbocycles. The fourth-order valence-corrected chi connectivity index (χ4v) is 1.93. The zero-order chi connectivity index (χ0) is 13.1. The fourth-order valence-electron chi connectivity index (χ4n) is 1.93. The largest absolute Gasteiger partial charge is 0.506 e. The highest BCUT2D eigenvalue weighted by atomic mass is 16.4. The van der Waals surface area contributed by atoms with E-state index in [0.29, 0.717) is 12.3 Å². The van der Waals surface area contributed by atoms with Gasteiger partial charge in [-0.25, -0.2) is 4.79 Å². The topological polar surface area (TPSA) is 86.6 Å². The van der Waals surface area contributed by atoms with Crippen LogP contribution in [0, 0.1) is 5.92 Å². The van der Waals surface area contributed by atoms with Gasteiger partial charge in [-0.2, -0.15) is 0 Å². The molecule has 1 aliphatic carbocycles. The lowest BCUT2D eigenvalue weighted by molar-refractivity contribution is -0.117. The summed E-state index contributed by atoms with van der Waals surface area (Å²) >= 11 is 0. The van der Waals surface area contributed by atoms with Gasteiger partial charge in [0.05, 0.1) is 11.3 Å². The lowest BCUT2D eigenvalue weighted by Gasteiger charge is -2.24. The Labute approximate surface area is 104 Å². The van der Waals surface area contributed by atoms with Gasteiger partial charge in [-0.1, -0.05) is 6.42 Å². The minimum Gasteiger partial charge on any atom is -0.506 e. The lowest BCUT2D eigenvalue weighted by atomic mass is 9.83. The number of anilines is 1. The van der Waals surface area contributed by atoms with Crippen LogP contribution >= 0.6 is 0 Å². The van der Waals surface area contributed by atoms with Gasteiger partial charge < -0.3 is 15.5 Å². The van der Waals surface area contributed by atoms with Gasteiger partial charge in [-0.15, -0.1) is 0 Å². The summed E-state index contributed by atoms with van der Waals surface area (Å²) in [5.41, 5.74) is 0.186. The number of phenols is 1. The summed E-state index contributed by atoms with van der Waals surface area (Å²) in [5.74, 6) is -0.973. The van der Waals surface area contributed by atoms with Gasteiger partial charge in [-0.05, 0) is 37.0 Å². The van der Waals surface area contributed by atoms with E-state index in [2.05, 4.69) is 5.32 Å². The molecule has 0 heterocycles. The summed E-state index contributed by atoms with van der Waals surface area (Å²) in [5, 5.41) is 20.9. The Bertz CT molecular complexity index is 480. The number of aromatic hydroxyl groups is 1. The van der Waals surface area contributed by atoms with E-state index in [1.807, 2.05) is 0 Å². The van der Waals surface area contributed by atoms with Crippen molar-refractivity contribution in [1.29, 1.82) is 0 Å². The summed E-state index contributed by atoms with van der Waals surface area (Å²) in [6.45, 7) is 0. The van der Waals surface area contributed by atoms with Crippen molar-refractivity contribution >= 4 is 17.6 Å². The number of carboxylic acids is 1. The molecule has 96 valence electrons. The number of hydrogen-bond acceptors (Lipinski definition) is 3. The van der Waals surface area contributed by atoms with Crippen LogP contribution in [0.1, 0.15) is 36.0 Å². The van der Waals surface area contributed by atoms with Crippen LogP contribution in [0.3, 0.4) is 0 Å².